The average molecular weight is 133 g/mol. The highest BCUT2D eigenvalue weighted by Gasteiger charge is 1.87. The third-order valence-corrected chi connectivity index (χ3v) is 1.00. The van der Waals surface area contributed by atoms with Crippen LogP contribution in [0.3, 0.4) is 0 Å². The van der Waals surface area contributed by atoms with Gasteiger partial charge in [0.15, 0.2) is 0 Å². The maximum atomic E-state index is 5.17. The summed E-state index contributed by atoms with van der Waals surface area (Å²) in [6, 6.07) is 3.69. The second-order valence-corrected chi connectivity index (χ2v) is 1.79. The third-order valence-electron chi connectivity index (χ3n) is 1.00. The number of rotatable bonds is 3. The molecule has 0 fully saturated rings. The zero-order valence-corrected chi connectivity index (χ0v) is 5.66. The molecule has 1 aromatic heterocycles. The fourth-order valence-electron chi connectivity index (χ4n) is 0.588. The largest absolute Gasteiger partial charge is 0.559 e. The summed E-state index contributed by atoms with van der Waals surface area (Å²) in [5, 5.41) is 0. The van der Waals surface area contributed by atoms with Crippen molar-refractivity contribution in [2.75, 3.05) is 0 Å². The first-order chi connectivity index (χ1) is 4.93. The molecule has 1 aromatic rings. The molecule has 0 unspecified atom stereocenters. The summed E-state index contributed by atoms with van der Waals surface area (Å²) in [5.74, 6) is 2.48. The van der Waals surface area contributed by atoms with Gasteiger partial charge >= 0.3 is 7.48 Å². The second kappa shape index (κ2) is 3.72. The predicted molar refractivity (Wildman–Crippen MR) is 42.2 cm³/mol. The summed E-state index contributed by atoms with van der Waals surface area (Å²) < 4.78 is 5.17. The zero-order chi connectivity index (χ0) is 7.23. The molecule has 2 nitrogen and oxygen atoms in total. The molecule has 50 valence electrons. The van der Waals surface area contributed by atoms with Crippen molar-refractivity contribution in [1.82, 2.24) is 4.98 Å². The Morgan fingerprint density at radius 1 is 1.70 bits per heavy atom. The van der Waals surface area contributed by atoms with Crippen LogP contribution in [0.4, 0.5) is 0 Å². The molecule has 1 rings (SSSR count). The van der Waals surface area contributed by atoms with Gasteiger partial charge in [0, 0.05) is 6.20 Å². The van der Waals surface area contributed by atoms with Crippen LogP contribution in [-0.4, -0.2) is 12.5 Å². The van der Waals surface area contributed by atoms with Crippen molar-refractivity contribution < 1.29 is 4.65 Å². The molecule has 0 aliphatic heterocycles. The third kappa shape index (κ3) is 1.93. The molecule has 1 heterocycles. The van der Waals surface area contributed by atoms with Crippen LogP contribution >= 0.6 is 0 Å². The maximum absolute atomic E-state index is 5.17. The molecule has 0 saturated carbocycles. The minimum atomic E-state index is 0.533. The monoisotopic (exact) mass is 133 g/mol. The number of hydrogen-bond acceptors (Lipinski definition) is 2. The Morgan fingerprint density at radius 2 is 2.60 bits per heavy atom. The molecule has 0 saturated heterocycles. The molecular weight excluding hydrogens is 125 g/mol. The van der Waals surface area contributed by atoms with E-state index in [2.05, 4.69) is 11.6 Å². The van der Waals surface area contributed by atoms with Crippen LogP contribution < -0.4 is 4.65 Å². The van der Waals surface area contributed by atoms with Crippen molar-refractivity contribution in [2.24, 2.45) is 0 Å². The first kappa shape index (κ1) is 6.87. The zero-order valence-electron chi connectivity index (χ0n) is 5.66. The van der Waals surface area contributed by atoms with E-state index in [-0.39, 0.29) is 0 Å². The minimum Gasteiger partial charge on any atom is -0.559 e. The Hall–Kier alpha value is -1.25. The van der Waals surface area contributed by atoms with Gasteiger partial charge in [-0.2, -0.15) is 0 Å². The van der Waals surface area contributed by atoms with E-state index in [1.54, 1.807) is 18.4 Å². The van der Waals surface area contributed by atoms with Crippen molar-refractivity contribution >= 4 is 7.48 Å². The number of aromatic nitrogens is 1. The topological polar surface area (TPSA) is 22.1 Å². The lowest BCUT2D eigenvalue weighted by Crippen LogP contribution is -1.97. The van der Waals surface area contributed by atoms with Crippen LogP contribution in [0.2, 0.25) is 0 Å². The quantitative estimate of drug-likeness (QED) is 0.572. The molecule has 0 radical (unpaired) electrons. The SMILES string of the molecule is C=CBOc1cccnc1. The van der Waals surface area contributed by atoms with Crippen LogP contribution in [0.1, 0.15) is 0 Å². The van der Waals surface area contributed by atoms with E-state index >= 15 is 0 Å². The van der Waals surface area contributed by atoms with Crippen molar-refractivity contribution in [2.45, 2.75) is 0 Å². The van der Waals surface area contributed by atoms with Gasteiger partial charge in [-0.3, -0.25) is 4.98 Å². The fourth-order valence-corrected chi connectivity index (χ4v) is 0.588. The molecule has 0 atom stereocenters. The van der Waals surface area contributed by atoms with Gasteiger partial charge in [0.25, 0.3) is 0 Å². The Balaban J connectivity index is 2.50. The van der Waals surface area contributed by atoms with E-state index < -0.39 is 0 Å². The number of hydrogen-bond donors (Lipinski definition) is 0. The average Bonchev–Trinajstić information content (AvgIpc) is 2.03. The van der Waals surface area contributed by atoms with Crippen molar-refractivity contribution in [1.29, 1.82) is 0 Å². The Kier molecular flexibility index (Phi) is 2.55. The highest BCUT2D eigenvalue weighted by Crippen LogP contribution is 2.04. The van der Waals surface area contributed by atoms with E-state index in [1.807, 2.05) is 12.1 Å². The second-order valence-electron chi connectivity index (χ2n) is 1.79. The molecule has 0 aliphatic rings. The Labute approximate surface area is 60.8 Å². The van der Waals surface area contributed by atoms with Gasteiger partial charge in [-0.25, -0.2) is 0 Å². The van der Waals surface area contributed by atoms with Gasteiger partial charge in [0.1, 0.15) is 5.75 Å². The summed E-state index contributed by atoms with van der Waals surface area (Å²) in [6.45, 7) is 3.53. The smallest absolute Gasteiger partial charge is 0.366 e. The van der Waals surface area contributed by atoms with E-state index in [0.717, 1.165) is 5.75 Å². The highest BCUT2D eigenvalue weighted by molar-refractivity contribution is 6.35. The van der Waals surface area contributed by atoms with Gasteiger partial charge in [-0.15, -0.1) is 6.58 Å². The summed E-state index contributed by atoms with van der Waals surface area (Å²) in [4.78, 5) is 3.88. The molecule has 0 amide bonds. The maximum Gasteiger partial charge on any atom is 0.366 e. The van der Waals surface area contributed by atoms with Crippen LogP contribution in [0.25, 0.3) is 0 Å². The van der Waals surface area contributed by atoms with Gasteiger partial charge in [0.2, 0.25) is 0 Å². The highest BCUT2D eigenvalue weighted by atomic mass is 16.4. The summed E-state index contributed by atoms with van der Waals surface area (Å²) >= 11 is 0. The fraction of sp³-hybridized carbons (Fsp3) is 0. The first-order valence-electron chi connectivity index (χ1n) is 3.07. The summed E-state index contributed by atoms with van der Waals surface area (Å²) in [6.07, 6.45) is 3.38. The van der Waals surface area contributed by atoms with Gasteiger partial charge in [-0.05, 0) is 12.1 Å². The molecular formula is C7H8BNO. The van der Waals surface area contributed by atoms with Gasteiger partial charge in [0.05, 0.1) is 6.20 Å². The minimum absolute atomic E-state index is 0.533. The summed E-state index contributed by atoms with van der Waals surface area (Å²) in [7, 11) is 0.533. The molecule has 3 heteroatoms. The van der Waals surface area contributed by atoms with Gasteiger partial charge in [-0.1, -0.05) is 5.98 Å². The van der Waals surface area contributed by atoms with Crippen LogP contribution in [-0.2, 0) is 0 Å². The molecule has 0 spiro atoms. The van der Waals surface area contributed by atoms with Crippen LogP contribution in [0, 0.1) is 0 Å². The van der Waals surface area contributed by atoms with Crippen molar-refractivity contribution in [3.05, 3.63) is 37.1 Å². The Bertz CT molecular complexity index is 200. The van der Waals surface area contributed by atoms with Gasteiger partial charge < -0.3 is 4.65 Å². The number of nitrogens with zero attached hydrogens (tertiary/aromatic N) is 1. The first-order valence-corrected chi connectivity index (χ1v) is 3.07. The van der Waals surface area contributed by atoms with Crippen LogP contribution in [0.15, 0.2) is 37.1 Å². The Morgan fingerprint density at radius 3 is 3.20 bits per heavy atom. The van der Waals surface area contributed by atoms with E-state index in [1.165, 1.54) is 0 Å². The molecule has 0 N–H and O–H groups in total. The van der Waals surface area contributed by atoms with Crippen molar-refractivity contribution in [3.63, 3.8) is 0 Å². The van der Waals surface area contributed by atoms with Crippen LogP contribution in [0.5, 0.6) is 5.75 Å². The molecule has 10 heavy (non-hydrogen) atoms. The lowest BCUT2D eigenvalue weighted by molar-refractivity contribution is 0.600. The molecule has 0 aliphatic carbocycles. The lowest BCUT2D eigenvalue weighted by atomic mass is 10.0. The molecule has 0 bridgehead atoms. The summed E-state index contributed by atoms with van der Waals surface area (Å²) in [5.41, 5.74) is 0. The standard InChI is InChI=1S/C7H8BNO/c1-2-8-10-7-4-3-5-9-6-7/h2-6,8H,1H2. The van der Waals surface area contributed by atoms with E-state index in [9.17, 15) is 0 Å². The molecule has 0 aromatic carbocycles. The normalized spacial score (nSPS) is 8.40. The van der Waals surface area contributed by atoms with E-state index in [4.69, 9.17) is 4.65 Å². The van der Waals surface area contributed by atoms with Crippen molar-refractivity contribution in [3.8, 4) is 5.75 Å². The van der Waals surface area contributed by atoms with E-state index in [0.29, 0.717) is 7.48 Å². The number of pyridine rings is 1. The predicted octanol–water partition coefficient (Wildman–Crippen LogP) is 0.955. The lowest BCUT2D eigenvalue weighted by Gasteiger charge is -1.98.